The lowest BCUT2D eigenvalue weighted by Crippen LogP contribution is -2.48. The van der Waals surface area contributed by atoms with E-state index in [1.54, 1.807) is 11.8 Å². The summed E-state index contributed by atoms with van der Waals surface area (Å²) in [4.78, 5) is 39.7. The summed E-state index contributed by atoms with van der Waals surface area (Å²) in [6, 6.07) is 6.45. The van der Waals surface area contributed by atoms with Crippen LogP contribution in [0, 0.1) is 5.92 Å². The minimum Gasteiger partial charge on any atom is -0.466 e. The third-order valence-electron chi connectivity index (χ3n) is 6.20. The SMILES string of the molecule is CCCCN1C(=O)N[C@H](c2cccc(NC(=O)C3CCCCC3)c2)C(C(=O)OC)=C1C. The monoisotopic (exact) mass is 427 g/mol. The number of methoxy groups -OCH3 is 1. The molecule has 1 aromatic rings. The van der Waals surface area contributed by atoms with Crippen LogP contribution in [0.25, 0.3) is 0 Å². The summed E-state index contributed by atoms with van der Waals surface area (Å²) in [5.41, 5.74) is 2.40. The van der Waals surface area contributed by atoms with Gasteiger partial charge in [0.05, 0.1) is 18.7 Å². The van der Waals surface area contributed by atoms with Crippen molar-refractivity contribution in [3.8, 4) is 0 Å². The Balaban J connectivity index is 1.87. The van der Waals surface area contributed by atoms with Crippen LogP contribution in [0.2, 0.25) is 0 Å². The zero-order chi connectivity index (χ0) is 22.4. The molecule has 1 heterocycles. The predicted octanol–water partition coefficient (Wildman–Crippen LogP) is 4.52. The summed E-state index contributed by atoms with van der Waals surface area (Å²) in [6.07, 6.45) is 7.00. The predicted molar refractivity (Wildman–Crippen MR) is 119 cm³/mol. The third kappa shape index (κ3) is 5.27. The maximum Gasteiger partial charge on any atom is 0.337 e. The van der Waals surface area contributed by atoms with Crippen molar-refractivity contribution >= 4 is 23.6 Å². The average molecular weight is 428 g/mol. The Morgan fingerprint density at radius 2 is 1.97 bits per heavy atom. The number of hydrogen-bond donors (Lipinski definition) is 2. The maximum atomic E-state index is 12.8. The van der Waals surface area contributed by atoms with Crippen LogP contribution in [0.4, 0.5) is 10.5 Å². The van der Waals surface area contributed by atoms with E-state index in [0.717, 1.165) is 44.1 Å². The third-order valence-corrected chi connectivity index (χ3v) is 6.20. The molecule has 31 heavy (non-hydrogen) atoms. The molecular formula is C24H33N3O4. The first-order valence-electron chi connectivity index (χ1n) is 11.2. The van der Waals surface area contributed by atoms with E-state index in [2.05, 4.69) is 17.6 Å². The van der Waals surface area contributed by atoms with Gasteiger partial charge < -0.3 is 15.4 Å². The summed E-state index contributed by atoms with van der Waals surface area (Å²) < 4.78 is 5.03. The molecule has 2 aliphatic rings. The first-order chi connectivity index (χ1) is 15.0. The fraction of sp³-hybridized carbons (Fsp3) is 0.542. The molecule has 168 valence electrons. The Hall–Kier alpha value is -2.83. The van der Waals surface area contributed by atoms with Gasteiger partial charge in [-0.3, -0.25) is 9.69 Å². The molecule has 1 aliphatic carbocycles. The molecule has 3 amide bonds. The number of esters is 1. The van der Waals surface area contributed by atoms with E-state index in [-0.39, 0.29) is 17.9 Å². The van der Waals surface area contributed by atoms with Gasteiger partial charge in [0, 0.05) is 23.8 Å². The molecule has 1 aliphatic heterocycles. The van der Waals surface area contributed by atoms with Gasteiger partial charge in [0.15, 0.2) is 0 Å². The second-order valence-electron chi connectivity index (χ2n) is 8.33. The van der Waals surface area contributed by atoms with Gasteiger partial charge in [0.25, 0.3) is 0 Å². The van der Waals surface area contributed by atoms with Gasteiger partial charge in [-0.25, -0.2) is 9.59 Å². The Morgan fingerprint density at radius 3 is 2.65 bits per heavy atom. The van der Waals surface area contributed by atoms with E-state index in [1.807, 2.05) is 24.3 Å². The first-order valence-corrected chi connectivity index (χ1v) is 11.2. The molecule has 3 rings (SSSR count). The van der Waals surface area contributed by atoms with E-state index in [1.165, 1.54) is 13.5 Å². The van der Waals surface area contributed by atoms with E-state index < -0.39 is 12.0 Å². The number of ether oxygens (including phenoxy) is 1. The van der Waals surface area contributed by atoms with Crippen molar-refractivity contribution in [1.82, 2.24) is 10.2 Å². The smallest absolute Gasteiger partial charge is 0.337 e. The number of amides is 3. The molecule has 0 aromatic heterocycles. The van der Waals surface area contributed by atoms with Gasteiger partial charge in [-0.1, -0.05) is 44.7 Å². The standard InChI is InChI=1S/C24H33N3O4/c1-4-5-14-27-16(2)20(23(29)31-3)21(26-24(27)30)18-12-9-13-19(15-18)25-22(28)17-10-7-6-8-11-17/h9,12-13,15,17,21H,4-8,10-11,14H2,1-3H3,(H,25,28)(H,26,30)/t21-/m1/s1. The van der Waals surface area contributed by atoms with Crippen molar-refractivity contribution in [2.24, 2.45) is 5.92 Å². The number of carbonyl (C=O) groups is 3. The Kier molecular flexibility index (Phi) is 7.71. The molecule has 7 nitrogen and oxygen atoms in total. The summed E-state index contributed by atoms with van der Waals surface area (Å²) >= 11 is 0. The molecule has 0 bridgehead atoms. The highest BCUT2D eigenvalue weighted by Crippen LogP contribution is 2.33. The molecule has 0 spiro atoms. The number of urea groups is 1. The first kappa shape index (κ1) is 22.8. The van der Waals surface area contributed by atoms with Crippen molar-refractivity contribution in [3.05, 3.63) is 41.1 Å². The fourth-order valence-electron chi connectivity index (χ4n) is 4.40. The Labute approximate surface area is 184 Å². The fourth-order valence-corrected chi connectivity index (χ4v) is 4.40. The summed E-state index contributed by atoms with van der Waals surface area (Å²) in [5.74, 6) is -0.387. The number of benzene rings is 1. The van der Waals surface area contributed by atoms with Gasteiger partial charge in [0.1, 0.15) is 0 Å². The molecule has 1 saturated carbocycles. The zero-order valence-corrected chi connectivity index (χ0v) is 18.7. The largest absolute Gasteiger partial charge is 0.466 e. The molecular weight excluding hydrogens is 394 g/mol. The highest BCUT2D eigenvalue weighted by atomic mass is 16.5. The summed E-state index contributed by atoms with van der Waals surface area (Å²) in [5, 5.41) is 5.96. The van der Waals surface area contributed by atoms with Crippen LogP contribution in [0.15, 0.2) is 35.5 Å². The van der Waals surface area contributed by atoms with Crippen molar-refractivity contribution in [1.29, 1.82) is 0 Å². The molecule has 0 radical (unpaired) electrons. The molecule has 1 fully saturated rings. The molecule has 2 N–H and O–H groups in total. The maximum absolute atomic E-state index is 12.8. The molecule has 0 saturated heterocycles. The number of hydrogen-bond acceptors (Lipinski definition) is 4. The van der Waals surface area contributed by atoms with Gasteiger partial charge in [-0.2, -0.15) is 0 Å². The quantitative estimate of drug-likeness (QED) is 0.627. The van der Waals surface area contributed by atoms with Crippen molar-refractivity contribution < 1.29 is 19.1 Å². The Morgan fingerprint density at radius 1 is 1.23 bits per heavy atom. The molecule has 1 aromatic carbocycles. The molecule has 0 unspecified atom stereocenters. The summed E-state index contributed by atoms with van der Waals surface area (Å²) in [6.45, 7) is 4.37. The zero-order valence-electron chi connectivity index (χ0n) is 18.7. The lowest BCUT2D eigenvalue weighted by Gasteiger charge is -2.35. The summed E-state index contributed by atoms with van der Waals surface area (Å²) in [7, 11) is 1.34. The van der Waals surface area contributed by atoms with Crippen LogP contribution in [0.1, 0.15) is 70.4 Å². The number of carbonyl (C=O) groups excluding carboxylic acids is 3. The van der Waals surface area contributed by atoms with Crippen LogP contribution in [-0.4, -0.2) is 36.5 Å². The van der Waals surface area contributed by atoms with Gasteiger partial charge in [-0.15, -0.1) is 0 Å². The topological polar surface area (TPSA) is 87.7 Å². The lowest BCUT2D eigenvalue weighted by molar-refractivity contribution is -0.136. The average Bonchev–Trinajstić information content (AvgIpc) is 2.79. The number of nitrogens with one attached hydrogen (secondary N) is 2. The van der Waals surface area contributed by atoms with E-state index >= 15 is 0 Å². The molecule has 1 atom stereocenters. The van der Waals surface area contributed by atoms with Crippen molar-refractivity contribution in [2.75, 3.05) is 19.0 Å². The van der Waals surface area contributed by atoms with Crippen LogP contribution in [-0.2, 0) is 14.3 Å². The highest BCUT2D eigenvalue weighted by Gasteiger charge is 2.36. The molecule has 7 heteroatoms. The normalized spacial score (nSPS) is 19.8. The van der Waals surface area contributed by atoms with Crippen LogP contribution in [0.3, 0.4) is 0 Å². The number of rotatable bonds is 7. The van der Waals surface area contributed by atoms with E-state index in [4.69, 9.17) is 4.74 Å². The minimum absolute atomic E-state index is 0.0372. The number of nitrogens with zero attached hydrogens (tertiary/aromatic N) is 1. The van der Waals surface area contributed by atoms with Gasteiger partial charge in [-0.05, 0) is 43.9 Å². The second-order valence-corrected chi connectivity index (χ2v) is 8.33. The van der Waals surface area contributed by atoms with Crippen LogP contribution < -0.4 is 10.6 Å². The highest BCUT2D eigenvalue weighted by molar-refractivity contribution is 5.95. The van der Waals surface area contributed by atoms with Gasteiger partial charge >= 0.3 is 12.0 Å². The number of unbranched alkanes of at least 4 members (excludes halogenated alkanes) is 1. The van der Waals surface area contributed by atoms with Crippen molar-refractivity contribution in [2.45, 2.75) is 64.8 Å². The Bertz CT molecular complexity index is 858. The van der Waals surface area contributed by atoms with Crippen molar-refractivity contribution in [3.63, 3.8) is 0 Å². The van der Waals surface area contributed by atoms with Crippen LogP contribution >= 0.6 is 0 Å². The second kappa shape index (κ2) is 10.5. The van der Waals surface area contributed by atoms with Crippen LogP contribution in [0.5, 0.6) is 0 Å². The van der Waals surface area contributed by atoms with E-state index in [0.29, 0.717) is 23.5 Å². The lowest BCUT2D eigenvalue weighted by atomic mass is 9.88. The van der Waals surface area contributed by atoms with Gasteiger partial charge in [0.2, 0.25) is 5.91 Å². The van der Waals surface area contributed by atoms with E-state index in [9.17, 15) is 14.4 Å². The number of allylic oxidation sites excluding steroid dienone is 1. The number of anilines is 1. The minimum atomic E-state index is -0.635.